The van der Waals surface area contributed by atoms with Gasteiger partial charge in [-0.15, -0.1) is 0 Å². The molecule has 2 unspecified atom stereocenters. The molecule has 0 aromatic heterocycles. The summed E-state index contributed by atoms with van der Waals surface area (Å²) in [6, 6.07) is 0. The Morgan fingerprint density at radius 1 is 0.452 bits per heavy atom. The van der Waals surface area contributed by atoms with Crippen LogP contribution in [0.2, 0.25) is 0 Å². The average molecular weight is 615 g/mol. The van der Waals surface area contributed by atoms with Crippen LogP contribution in [0.4, 0.5) is 0 Å². The van der Waals surface area contributed by atoms with E-state index in [0.29, 0.717) is 37.9 Å². The fourth-order valence-electron chi connectivity index (χ4n) is 6.00. The number of hydrogen-bond acceptors (Lipinski definition) is 5. The zero-order valence-corrected chi connectivity index (χ0v) is 30.2. The van der Waals surface area contributed by atoms with Crippen molar-refractivity contribution in [2.24, 2.45) is 0 Å². The Morgan fingerprint density at radius 3 is 1.26 bits per heavy atom. The third kappa shape index (κ3) is 17.9. The average Bonchev–Trinajstić information content (AvgIpc) is 2.99. The smallest absolute Gasteiger partial charge is 0.206 e. The van der Waals surface area contributed by atoms with Gasteiger partial charge in [-0.2, -0.15) is 0 Å². The van der Waals surface area contributed by atoms with Gasteiger partial charge in [-0.25, -0.2) is 0 Å². The van der Waals surface area contributed by atoms with Gasteiger partial charge in [-0.1, -0.05) is 157 Å². The van der Waals surface area contributed by atoms with E-state index in [1.807, 2.05) is 6.92 Å². The minimum atomic E-state index is -0.923. The van der Waals surface area contributed by atoms with Crippen molar-refractivity contribution in [2.75, 3.05) is 26.4 Å². The predicted molar refractivity (Wildman–Crippen MR) is 187 cm³/mol. The van der Waals surface area contributed by atoms with E-state index in [2.05, 4.69) is 34.6 Å². The summed E-state index contributed by atoms with van der Waals surface area (Å²) in [7, 11) is 0. The number of rotatable bonds is 33. The molecule has 0 saturated heterocycles. The Morgan fingerprint density at radius 2 is 0.881 bits per heavy atom. The van der Waals surface area contributed by atoms with Crippen molar-refractivity contribution in [1.82, 2.24) is 0 Å². The van der Waals surface area contributed by atoms with Gasteiger partial charge in [-0.3, -0.25) is 0 Å². The molecule has 5 heteroatoms. The molecule has 4 nitrogen and oxygen atoms in total. The highest BCUT2D eigenvalue weighted by molar-refractivity contribution is 7.80. The predicted octanol–water partition coefficient (Wildman–Crippen LogP) is 12.3. The fourth-order valence-corrected chi connectivity index (χ4v) is 6.44. The van der Waals surface area contributed by atoms with Crippen LogP contribution in [0, 0.1) is 0 Å². The lowest BCUT2D eigenvalue weighted by molar-refractivity contribution is -0.317. The van der Waals surface area contributed by atoms with Crippen LogP contribution < -0.4 is 0 Å². The summed E-state index contributed by atoms with van der Waals surface area (Å²) >= 11 is 5.99. The molecule has 0 heterocycles. The molecule has 0 N–H and O–H groups in total. The molecule has 42 heavy (non-hydrogen) atoms. The highest BCUT2D eigenvalue weighted by Crippen LogP contribution is 2.41. The minimum absolute atomic E-state index is 0.504. The first-order valence-corrected chi connectivity index (χ1v) is 19.0. The lowest BCUT2D eigenvalue weighted by Gasteiger charge is -2.48. The molecule has 0 aliphatic carbocycles. The van der Waals surface area contributed by atoms with Crippen LogP contribution in [0.3, 0.4) is 0 Å². The highest BCUT2D eigenvalue weighted by atomic mass is 32.1. The normalized spacial score (nSPS) is 14.5. The van der Waals surface area contributed by atoms with Crippen molar-refractivity contribution in [1.29, 1.82) is 0 Å². The second-order valence-electron chi connectivity index (χ2n) is 12.3. The molecule has 0 bridgehead atoms. The van der Waals surface area contributed by atoms with Crippen LogP contribution in [0.5, 0.6) is 0 Å². The Hall–Kier alpha value is -0.230. The van der Waals surface area contributed by atoms with Crippen molar-refractivity contribution in [3.63, 3.8) is 0 Å². The second-order valence-corrected chi connectivity index (χ2v) is 12.7. The zero-order valence-electron chi connectivity index (χ0n) is 29.3. The molecule has 0 aliphatic heterocycles. The number of hydrogen-bond donors (Lipinski definition) is 0. The maximum atomic E-state index is 6.81. The van der Waals surface area contributed by atoms with Crippen LogP contribution in [0.25, 0.3) is 0 Å². The fraction of sp³-hybridized carbons (Fsp3) is 0.973. The topological polar surface area (TPSA) is 36.9 Å². The van der Waals surface area contributed by atoms with Gasteiger partial charge in [-0.05, 0) is 44.8 Å². The minimum Gasteiger partial charge on any atom is -0.484 e. The van der Waals surface area contributed by atoms with E-state index in [0.717, 1.165) is 32.1 Å². The van der Waals surface area contributed by atoms with Crippen LogP contribution in [-0.2, 0) is 18.9 Å². The molecule has 0 aromatic rings. The van der Waals surface area contributed by atoms with Crippen LogP contribution in [-0.4, -0.2) is 42.9 Å². The van der Waals surface area contributed by atoms with Crippen molar-refractivity contribution in [3.05, 3.63) is 0 Å². The Bertz CT molecular complexity index is 578. The van der Waals surface area contributed by atoms with Gasteiger partial charge in [0.25, 0.3) is 0 Å². The Kier molecular flexibility index (Phi) is 29.3. The van der Waals surface area contributed by atoms with E-state index in [1.165, 1.54) is 116 Å². The largest absolute Gasteiger partial charge is 0.484 e. The SMILES string of the molecule is CCCCCCCCCCCCOC(CCC)(OCC)C(CC)(OCCCCCCCCCCCC)C(=S)OCCC. The van der Waals surface area contributed by atoms with Crippen molar-refractivity contribution < 1.29 is 18.9 Å². The molecule has 2 atom stereocenters. The summed E-state index contributed by atoms with van der Waals surface area (Å²) in [6.07, 6.45) is 29.3. The lowest BCUT2D eigenvalue weighted by atomic mass is 9.86. The quantitative estimate of drug-likeness (QED) is 0.0417. The molecular weight excluding hydrogens is 540 g/mol. The first-order chi connectivity index (χ1) is 20.5. The Labute approximate surface area is 269 Å². The summed E-state index contributed by atoms with van der Waals surface area (Å²) in [5.41, 5.74) is -0.888. The van der Waals surface area contributed by atoms with E-state index in [4.69, 9.17) is 31.2 Å². The molecule has 0 aliphatic rings. The number of thiocarbonyl (C=S) groups is 1. The third-order valence-corrected chi connectivity index (χ3v) is 8.96. The van der Waals surface area contributed by atoms with Crippen molar-refractivity contribution in [2.45, 2.75) is 207 Å². The van der Waals surface area contributed by atoms with Gasteiger partial charge >= 0.3 is 0 Å². The van der Waals surface area contributed by atoms with Crippen LogP contribution >= 0.6 is 12.2 Å². The summed E-state index contributed by atoms with van der Waals surface area (Å²) in [6.45, 7) is 15.5. The molecule has 0 spiro atoms. The van der Waals surface area contributed by atoms with Crippen LogP contribution in [0.15, 0.2) is 0 Å². The summed E-state index contributed by atoms with van der Waals surface area (Å²) in [4.78, 5) is 0. The number of unbranched alkanes of at least 4 members (excludes halogenated alkanes) is 18. The maximum absolute atomic E-state index is 6.81. The zero-order chi connectivity index (χ0) is 31.2. The summed E-state index contributed by atoms with van der Waals surface area (Å²) in [5, 5.41) is 0.504. The van der Waals surface area contributed by atoms with Gasteiger partial charge in [0.1, 0.15) is 0 Å². The highest BCUT2D eigenvalue weighted by Gasteiger charge is 2.57. The second kappa shape index (κ2) is 29.5. The van der Waals surface area contributed by atoms with Gasteiger partial charge in [0, 0.05) is 19.6 Å². The summed E-state index contributed by atoms with van der Waals surface area (Å²) in [5.74, 6) is -0.923. The molecule has 0 fully saturated rings. The van der Waals surface area contributed by atoms with E-state index in [9.17, 15) is 0 Å². The van der Waals surface area contributed by atoms with E-state index >= 15 is 0 Å². The van der Waals surface area contributed by atoms with Gasteiger partial charge in [0.15, 0.2) is 10.7 Å². The number of ether oxygens (including phenoxy) is 4. The van der Waals surface area contributed by atoms with E-state index < -0.39 is 11.4 Å². The standard InChI is InChI=1S/C37H74O4S/c1-7-13-15-17-19-21-23-25-27-29-33-40-36(11-5,35(42)38-32-10-4)37(31-9-3,39-12-6)41-34-30-28-26-24-22-20-18-16-14-8-2/h7-34H2,1-6H3. The summed E-state index contributed by atoms with van der Waals surface area (Å²) < 4.78 is 26.3. The van der Waals surface area contributed by atoms with Gasteiger partial charge < -0.3 is 18.9 Å². The molecule has 0 amide bonds. The van der Waals surface area contributed by atoms with E-state index in [1.54, 1.807) is 0 Å². The third-order valence-electron chi connectivity index (χ3n) is 8.52. The monoisotopic (exact) mass is 615 g/mol. The first-order valence-electron chi connectivity index (χ1n) is 18.6. The molecule has 0 rings (SSSR count). The molecule has 0 radical (unpaired) electrons. The van der Waals surface area contributed by atoms with Gasteiger partial charge in [0.2, 0.25) is 5.79 Å². The van der Waals surface area contributed by atoms with Crippen molar-refractivity contribution in [3.8, 4) is 0 Å². The molecule has 0 saturated carbocycles. The van der Waals surface area contributed by atoms with Crippen LogP contribution in [0.1, 0.15) is 196 Å². The van der Waals surface area contributed by atoms with E-state index in [-0.39, 0.29) is 0 Å². The molecule has 0 aromatic carbocycles. The maximum Gasteiger partial charge on any atom is 0.206 e. The Balaban J connectivity index is 5.11. The lowest BCUT2D eigenvalue weighted by Crippen LogP contribution is -2.64. The first kappa shape index (κ1) is 41.8. The molecular formula is C37H74O4S. The van der Waals surface area contributed by atoms with Gasteiger partial charge in [0.05, 0.1) is 13.2 Å². The van der Waals surface area contributed by atoms with Crippen molar-refractivity contribution >= 4 is 17.3 Å². The molecule has 252 valence electrons.